The Hall–Kier alpha value is -1.06. The fourth-order valence-electron chi connectivity index (χ4n) is 5.37. The molecular formula is C24H44O4. The van der Waals surface area contributed by atoms with Gasteiger partial charge in [-0.2, -0.15) is 0 Å². The molecule has 4 nitrogen and oxygen atoms in total. The van der Waals surface area contributed by atoms with Crippen LogP contribution >= 0.6 is 0 Å². The van der Waals surface area contributed by atoms with E-state index in [1.807, 2.05) is 13.8 Å². The van der Waals surface area contributed by atoms with Gasteiger partial charge in [-0.25, -0.2) is 0 Å². The van der Waals surface area contributed by atoms with E-state index in [0.29, 0.717) is 25.7 Å². The van der Waals surface area contributed by atoms with E-state index in [1.165, 1.54) is 32.1 Å². The number of unbranched alkanes of at least 4 members (excludes halogenated alkanes) is 6. The molecule has 2 unspecified atom stereocenters. The van der Waals surface area contributed by atoms with E-state index in [9.17, 15) is 19.8 Å². The number of rotatable bonds is 14. The molecule has 0 aliphatic heterocycles. The van der Waals surface area contributed by atoms with Crippen LogP contribution in [0.1, 0.15) is 118 Å². The van der Waals surface area contributed by atoms with Gasteiger partial charge in [-0.3, -0.25) is 9.59 Å². The lowest BCUT2D eigenvalue weighted by atomic mass is 9.51. The van der Waals surface area contributed by atoms with Gasteiger partial charge in [0, 0.05) is 0 Å². The Morgan fingerprint density at radius 3 is 1.64 bits per heavy atom. The molecule has 0 spiro atoms. The minimum Gasteiger partial charge on any atom is -0.481 e. The third kappa shape index (κ3) is 6.49. The van der Waals surface area contributed by atoms with E-state index >= 15 is 0 Å². The first-order chi connectivity index (χ1) is 13.2. The highest BCUT2D eigenvalue weighted by atomic mass is 16.4. The van der Waals surface area contributed by atoms with Crippen LogP contribution < -0.4 is 0 Å². The first kappa shape index (κ1) is 25.0. The monoisotopic (exact) mass is 396 g/mol. The molecule has 0 aromatic heterocycles. The van der Waals surface area contributed by atoms with Gasteiger partial charge in [0.05, 0.1) is 10.8 Å². The highest BCUT2D eigenvalue weighted by Crippen LogP contribution is 2.57. The summed E-state index contributed by atoms with van der Waals surface area (Å²) < 4.78 is 0. The summed E-state index contributed by atoms with van der Waals surface area (Å²) in [5, 5.41) is 20.3. The van der Waals surface area contributed by atoms with Gasteiger partial charge in [0.2, 0.25) is 0 Å². The van der Waals surface area contributed by atoms with Gasteiger partial charge in [0.25, 0.3) is 0 Å². The Morgan fingerprint density at radius 2 is 1.18 bits per heavy atom. The van der Waals surface area contributed by atoms with Gasteiger partial charge in [0.1, 0.15) is 0 Å². The summed E-state index contributed by atoms with van der Waals surface area (Å²) >= 11 is 0. The molecule has 0 radical (unpaired) electrons. The second-order valence-corrected chi connectivity index (χ2v) is 9.99. The smallest absolute Gasteiger partial charge is 0.310 e. The zero-order valence-corrected chi connectivity index (χ0v) is 18.8. The van der Waals surface area contributed by atoms with Crippen molar-refractivity contribution in [2.24, 2.45) is 22.7 Å². The molecule has 1 fully saturated rings. The van der Waals surface area contributed by atoms with Gasteiger partial charge >= 0.3 is 11.9 Å². The topological polar surface area (TPSA) is 74.6 Å². The maximum Gasteiger partial charge on any atom is 0.310 e. The largest absolute Gasteiger partial charge is 0.481 e. The lowest BCUT2D eigenvalue weighted by molar-refractivity contribution is -0.183. The van der Waals surface area contributed by atoms with Gasteiger partial charge < -0.3 is 10.2 Å². The Balaban J connectivity index is 2.63. The van der Waals surface area contributed by atoms with Crippen molar-refractivity contribution in [1.82, 2.24) is 0 Å². The van der Waals surface area contributed by atoms with E-state index in [2.05, 4.69) is 13.8 Å². The molecule has 1 aliphatic carbocycles. The molecular weight excluding hydrogens is 352 g/mol. The summed E-state index contributed by atoms with van der Waals surface area (Å²) in [6, 6.07) is 0. The Labute approximate surface area is 172 Å². The van der Waals surface area contributed by atoms with Gasteiger partial charge in [-0.05, 0) is 37.5 Å². The fraction of sp³-hybridized carbons (Fsp3) is 0.917. The van der Waals surface area contributed by atoms with Crippen LogP contribution in [0.15, 0.2) is 0 Å². The van der Waals surface area contributed by atoms with Gasteiger partial charge in [-0.15, -0.1) is 0 Å². The number of carbonyl (C=O) groups is 2. The minimum absolute atomic E-state index is 0.179. The fourth-order valence-corrected chi connectivity index (χ4v) is 5.37. The second-order valence-electron chi connectivity index (χ2n) is 9.99. The van der Waals surface area contributed by atoms with E-state index in [-0.39, 0.29) is 5.92 Å². The molecule has 2 atom stereocenters. The van der Waals surface area contributed by atoms with Crippen molar-refractivity contribution in [3.8, 4) is 0 Å². The van der Waals surface area contributed by atoms with Crippen molar-refractivity contribution < 1.29 is 19.8 Å². The summed E-state index contributed by atoms with van der Waals surface area (Å²) in [6.45, 7) is 8.54. The first-order valence-corrected chi connectivity index (χ1v) is 11.6. The van der Waals surface area contributed by atoms with Crippen molar-refractivity contribution in [3.63, 3.8) is 0 Å². The van der Waals surface area contributed by atoms with Crippen LogP contribution in [0.5, 0.6) is 0 Å². The van der Waals surface area contributed by atoms with Crippen LogP contribution in [-0.4, -0.2) is 22.2 Å². The number of hydrogen-bond acceptors (Lipinski definition) is 2. The van der Waals surface area contributed by atoms with Crippen molar-refractivity contribution in [2.75, 3.05) is 0 Å². The maximum atomic E-state index is 12.4. The molecule has 1 saturated carbocycles. The van der Waals surface area contributed by atoms with Gasteiger partial charge in [0.15, 0.2) is 0 Å². The highest BCUT2D eigenvalue weighted by Gasteiger charge is 2.61. The van der Waals surface area contributed by atoms with Crippen molar-refractivity contribution in [1.29, 1.82) is 0 Å². The number of carboxylic acids is 2. The average molecular weight is 397 g/mol. The van der Waals surface area contributed by atoms with E-state index in [0.717, 1.165) is 38.0 Å². The minimum atomic E-state index is -1.11. The molecule has 0 bridgehead atoms. The SMILES string of the molecule is CC(C)CCCCCCCCCC1(C(=O)O)CCCCC1(CC(C)C)C(=O)O. The van der Waals surface area contributed by atoms with E-state index in [1.54, 1.807) is 0 Å². The number of carboxylic acid groups (broad SMARTS) is 2. The average Bonchev–Trinajstić information content (AvgIpc) is 2.60. The number of aliphatic carboxylic acids is 2. The molecule has 0 aromatic carbocycles. The molecule has 2 N–H and O–H groups in total. The predicted octanol–water partition coefficient (Wildman–Crippen LogP) is 6.92. The van der Waals surface area contributed by atoms with Crippen LogP contribution in [0.2, 0.25) is 0 Å². The summed E-state index contributed by atoms with van der Waals surface area (Å²) in [5.74, 6) is -0.820. The molecule has 164 valence electrons. The Bertz CT molecular complexity index is 485. The molecule has 28 heavy (non-hydrogen) atoms. The van der Waals surface area contributed by atoms with E-state index < -0.39 is 22.8 Å². The lowest BCUT2D eigenvalue weighted by Crippen LogP contribution is -2.55. The quantitative estimate of drug-likeness (QED) is 0.313. The molecule has 1 rings (SSSR count). The highest BCUT2D eigenvalue weighted by molar-refractivity contribution is 5.87. The molecule has 0 heterocycles. The van der Waals surface area contributed by atoms with Crippen LogP contribution in [0.25, 0.3) is 0 Å². The predicted molar refractivity (Wildman–Crippen MR) is 114 cm³/mol. The summed E-state index contributed by atoms with van der Waals surface area (Å²) in [6.07, 6.45) is 12.9. The van der Waals surface area contributed by atoms with E-state index in [4.69, 9.17) is 0 Å². The third-order valence-electron chi connectivity index (χ3n) is 6.83. The van der Waals surface area contributed by atoms with Crippen molar-refractivity contribution in [3.05, 3.63) is 0 Å². The number of hydrogen-bond donors (Lipinski definition) is 2. The lowest BCUT2D eigenvalue weighted by Gasteiger charge is -2.49. The van der Waals surface area contributed by atoms with Crippen LogP contribution in [-0.2, 0) is 9.59 Å². The van der Waals surface area contributed by atoms with Crippen molar-refractivity contribution >= 4 is 11.9 Å². The molecule has 0 amide bonds. The first-order valence-electron chi connectivity index (χ1n) is 11.6. The molecule has 0 saturated heterocycles. The van der Waals surface area contributed by atoms with Crippen LogP contribution in [0.4, 0.5) is 0 Å². The zero-order valence-electron chi connectivity index (χ0n) is 18.8. The summed E-state index contributed by atoms with van der Waals surface area (Å²) in [5.41, 5.74) is -2.21. The van der Waals surface area contributed by atoms with Crippen LogP contribution in [0.3, 0.4) is 0 Å². The normalized spacial score (nSPS) is 25.4. The Kier molecular flexibility index (Phi) is 10.5. The van der Waals surface area contributed by atoms with Crippen molar-refractivity contribution in [2.45, 2.75) is 118 Å². The molecule has 0 aromatic rings. The maximum absolute atomic E-state index is 12.4. The van der Waals surface area contributed by atoms with Crippen LogP contribution in [0, 0.1) is 22.7 Å². The standard InChI is InChI=1S/C24H44O4/c1-19(2)14-10-8-6-5-7-9-11-15-23(21(25)26)16-12-13-17-24(23,22(27)28)18-20(3)4/h19-20H,5-18H2,1-4H3,(H,25,26)(H,27,28). The third-order valence-corrected chi connectivity index (χ3v) is 6.83. The summed E-state index contributed by atoms with van der Waals surface area (Å²) in [4.78, 5) is 24.8. The second kappa shape index (κ2) is 11.8. The van der Waals surface area contributed by atoms with Gasteiger partial charge in [-0.1, -0.05) is 91.9 Å². The summed E-state index contributed by atoms with van der Waals surface area (Å²) in [7, 11) is 0. The zero-order chi connectivity index (χ0) is 21.2. The molecule has 1 aliphatic rings. The Morgan fingerprint density at radius 1 is 0.714 bits per heavy atom. The molecule has 4 heteroatoms.